The van der Waals surface area contributed by atoms with Gasteiger partial charge in [-0.25, -0.2) is 10.2 Å². The van der Waals surface area contributed by atoms with Crippen LogP contribution < -0.4 is 20.9 Å². The number of hydrogen-bond acceptors (Lipinski definition) is 6. The van der Waals surface area contributed by atoms with Crippen LogP contribution in [-0.2, 0) is 16.0 Å². The molecule has 0 bridgehead atoms. The second-order valence-electron chi connectivity index (χ2n) is 7.08. The van der Waals surface area contributed by atoms with Crippen LogP contribution in [0.2, 0.25) is 0 Å². The summed E-state index contributed by atoms with van der Waals surface area (Å²) in [6, 6.07) is 11.6. The summed E-state index contributed by atoms with van der Waals surface area (Å²) in [6.07, 6.45) is 2.87. The van der Waals surface area contributed by atoms with Crippen LogP contribution in [0.1, 0.15) is 34.0 Å². The first-order valence-corrected chi connectivity index (χ1v) is 9.60. The largest absolute Gasteiger partial charge is 0.482 e. The van der Waals surface area contributed by atoms with Crippen molar-refractivity contribution in [1.82, 2.24) is 10.9 Å². The first-order valence-electron chi connectivity index (χ1n) is 9.60. The first-order chi connectivity index (χ1) is 14.0. The highest BCUT2D eigenvalue weighted by molar-refractivity contribution is 5.95. The number of anilines is 1. The van der Waals surface area contributed by atoms with Crippen molar-refractivity contribution >= 4 is 23.3 Å². The molecule has 2 aromatic carbocycles. The molecular weight excluding hydrogens is 370 g/mol. The molecule has 1 atom stereocenters. The number of carbonyl (C=O) groups excluding carboxylic acids is 2. The molecule has 3 N–H and O–H groups in total. The molecule has 4 rings (SSSR count). The second-order valence-corrected chi connectivity index (χ2v) is 7.08. The summed E-state index contributed by atoms with van der Waals surface area (Å²) in [5.41, 5.74) is 11.7. The Bertz CT molecular complexity index is 1000. The molecule has 2 aromatic rings. The van der Waals surface area contributed by atoms with Crippen molar-refractivity contribution in [2.24, 2.45) is 0 Å². The van der Waals surface area contributed by atoms with Crippen molar-refractivity contribution in [1.29, 1.82) is 0 Å². The summed E-state index contributed by atoms with van der Waals surface area (Å²) >= 11 is 0. The summed E-state index contributed by atoms with van der Waals surface area (Å²) in [5.74, 6) is 0.253. The Labute approximate surface area is 169 Å². The number of rotatable bonds is 5. The zero-order valence-electron chi connectivity index (χ0n) is 16.4. The van der Waals surface area contributed by atoms with E-state index < -0.39 is 0 Å². The lowest BCUT2D eigenvalue weighted by Gasteiger charge is -2.19. The van der Waals surface area contributed by atoms with Gasteiger partial charge in [-0.05, 0) is 67.3 Å². The molecule has 7 heteroatoms. The van der Waals surface area contributed by atoms with Gasteiger partial charge in [-0.1, -0.05) is 12.1 Å². The monoisotopic (exact) mass is 393 g/mol. The topological polar surface area (TPSA) is 88.7 Å². The molecule has 0 aliphatic carbocycles. The van der Waals surface area contributed by atoms with Crippen LogP contribution in [0.25, 0.3) is 5.70 Å². The first kappa shape index (κ1) is 19.0. The van der Waals surface area contributed by atoms with E-state index in [4.69, 9.17) is 9.47 Å². The van der Waals surface area contributed by atoms with Crippen molar-refractivity contribution < 1.29 is 19.1 Å². The summed E-state index contributed by atoms with van der Waals surface area (Å²) in [7, 11) is 0. The van der Waals surface area contributed by atoms with E-state index in [0.29, 0.717) is 23.6 Å². The van der Waals surface area contributed by atoms with Crippen LogP contribution in [0.5, 0.6) is 5.75 Å². The molecule has 0 aromatic heterocycles. The minimum Gasteiger partial charge on any atom is -0.482 e. The molecule has 0 fully saturated rings. The van der Waals surface area contributed by atoms with E-state index >= 15 is 0 Å². The molecule has 1 unspecified atom stereocenters. The number of ether oxygens (including phenoxy) is 2. The molecule has 29 heavy (non-hydrogen) atoms. The summed E-state index contributed by atoms with van der Waals surface area (Å²) in [6.45, 7) is 4.11. The molecule has 0 spiro atoms. The molecular formula is C22H23N3O4. The number of esters is 1. The lowest BCUT2D eigenvalue weighted by Crippen LogP contribution is -2.33. The van der Waals surface area contributed by atoms with E-state index in [1.165, 1.54) is 0 Å². The van der Waals surface area contributed by atoms with Gasteiger partial charge in [0.05, 0.1) is 29.6 Å². The number of carbonyl (C=O) groups is 2. The lowest BCUT2D eigenvalue weighted by atomic mass is 10.0. The average molecular weight is 393 g/mol. The fourth-order valence-corrected chi connectivity index (χ4v) is 3.51. The van der Waals surface area contributed by atoms with Gasteiger partial charge >= 0.3 is 5.97 Å². The highest BCUT2D eigenvalue weighted by Gasteiger charge is 2.20. The van der Waals surface area contributed by atoms with Crippen molar-refractivity contribution in [3.8, 4) is 5.75 Å². The van der Waals surface area contributed by atoms with Crippen molar-refractivity contribution in [3.05, 3.63) is 64.7 Å². The van der Waals surface area contributed by atoms with E-state index in [0.717, 1.165) is 28.8 Å². The van der Waals surface area contributed by atoms with Gasteiger partial charge in [0.2, 0.25) is 0 Å². The molecule has 2 heterocycles. The number of aryl methyl sites for hydroxylation is 1. The third-order valence-corrected chi connectivity index (χ3v) is 4.93. The molecule has 150 valence electrons. The Morgan fingerprint density at radius 2 is 2.10 bits per heavy atom. The van der Waals surface area contributed by atoms with Crippen LogP contribution in [0, 0.1) is 6.92 Å². The van der Waals surface area contributed by atoms with Crippen LogP contribution in [0.15, 0.2) is 42.5 Å². The van der Waals surface area contributed by atoms with Crippen LogP contribution >= 0.6 is 0 Å². The van der Waals surface area contributed by atoms with Crippen molar-refractivity contribution in [3.63, 3.8) is 0 Å². The Hall–Kier alpha value is -3.32. The third-order valence-electron chi connectivity index (χ3n) is 4.93. The summed E-state index contributed by atoms with van der Waals surface area (Å²) < 4.78 is 10.5. The van der Waals surface area contributed by atoms with E-state index in [1.807, 2.05) is 37.3 Å². The Morgan fingerprint density at radius 3 is 2.90 bits per heavy atom. The smallest absolute Gasteiger partial charge is 0.338 e. The number of benzene rings is 2. The highest BCUT2D eigenvalue weighted by Crippen LogP contribution is 2.29. The Balaban J connectivity index is 1.47. The zero-order valence-corrected chi connectivity index (χ0v) is 16.4. The zero-order chi connectivity index (χ0) is 20.4. The molecule has 0 radical (unpaired) electrons. The molecule has 0 saturated heterocycles. The van der Waals surface area contributed by atoms with E-state index in [1.54, 1.807) is 13.0 Å². The van der Waals surface area contributed by atoms with Gasteiger partial charge in [0.1, 0.15) is 5.75 Å². The average Bonchev–Trinajstić information content (AvgIpc) is 3.16. The molecule has 0 saturated carbocycles. The van der Waals surface area contributed by atoms with E-state index in [9.17, 15) is 9.59 Å². The van der Waals surface area contributed by atoms with E-state index in [2.05, 4.69) is 22.2 Å². The second kappa shape index (κ2) is 7.97. The van der Waals surface area contributed by atoms with Gasteiger partial charge in [-0.15, -0.1) is 0 Å². The third kappa shape index (κ3) is 4.09. The predicted molar refractivity (Wildman–Crippen MR) is 109 cm³/mol. The standard InChI is InChI=1S/C22H23N3O4/c1-3-28-22(27)17-6-5-15(8-13(17)2)18-11-16(24-25-18)9-14-4-7-20-19(10-14)23-21(26)12-29-20/h4-8,10-11,16,24-25H,3,9,12H2,1-2H3,(H,23,26). The molecule has 7 nitrogen and oxygen atoms in total. The molecule has 1 amide bonds. The maximum Gasteiger partial charge on any atom is 0.338 e. The maximum absolute atomic E-state index is 12.0. The minimum atomic E-state index is -0.301. The Morgan fingerprint density at radius 1 is 1.24 bits per heavy atom. The lowest BCUT2D eigenvalue weighted by molar-refractivity contribution is -0.118. The van der Waals surface area contributed by atoms with Gasteiger partial charge in [0, 0.05) is 0 Å². The fourth-order valence-electron chi connectivity index (χ4n) is 3.51. The normalized spacial score (nSPS) is 17.5. The molecule has 2 aliphatic heterocycles. The fraction of sp³-hybridized carbons (Fsp3) is 0.273. The predicted octanol–water partition coefficient (Wildman–Crippen LogP) is 2.56. The number of amides is 1. The number of hydrogen-bond donors (Lipinski definition) is 3. The quantitative estimate of drug-likeness (QED) is 0.677. The van der Waals surface area contributed by atoms with Gasteiger partial charge in [0.15, 0.2) is 6.61 Å². The van der Waals surface area contributed by atoms with Gasteiger partial charge in [0.25, 0.3) is 5.91 Å². The van der Waals surface area contributed by atoms with Gasteiger partial charge in [-0.3, -0.25) is 4.79 Å². The maximum atomic E-state index is 12.0. The summed E-state index contributed by atoms with van der Waals surface area (Å²) in [4.78, 5) is 23.5. The SMILES string of the molecule is CCOC(=O)c1ccc(C2=CC(Cc3ccc4c(c3)NC(=O)CO4)NN2)cc1C. The highest BCUT2D eigenvalue weighted by atomic mass is 16.5. The van der Waals surface area contributed by atoms with Gasteiger partial charge < -0.3 is 20.2 Å². The number of fused-ring (bicyclic) bond motifs is 1. The Kier molecular flexibility index (Phi) is 5.22. The molecule has 2 aliphatic rings. The van der Waals surface area contributed by atoms with Crippen LogP contribution in [0.3, 0.4) is 0 Å². The minimum absolute atomic E-state index is 0.0565. The summed E-state index contributed by atoms with van der Waals surface area (Å²) in [5, 5.41) is 2.84. The van der Waals surface area contributed by atoms with Crippen molar-refractivity contribution in [2.75, 3.05) is 18.5 Å². The number of hydrazine groups is 1. The van der Waals surface area contributed by atoms with Crippen molar-refractivity contribution in [2.45, 2.75) is 26.3 Å². The van der Waals surface area contributed by atoms with Gasteiger partial charge in [-0.2, -0.15) is 0 Å². The van der Waals surface area contributed by atoms with Crippen LogP contribution in [-0.4, -0.2) is 31.1 Å². The number of nitrogens with one attached hydrogen (secondary N) is 3. The van der Waals surface area contributed by atoms with E-state index in [-0.39, 0.29) is 24.5 Å². The van der Waals surface area contributed by atoms with Crippen LogP contribution in [0.4, 0.5) is 5.69 Å².